The number of nitrogens with zero attached hydrogens (tertiary/aromatic N) is 4. The first kappa shape index (κ1) is 40.2. The molecule has 0 aliphatic carbocycles. The second-order valence-corrected chi connectivity index (χ2v) is 20.0. The molecule has 3 aromatic heterocycles. The van der Waals surface area contributed by atoms with Crippen molar-refractivity contribution in [1.29, 1.82) is 0 Å². The van der Waals surface area contributed by atoms with Crippen LogP contribution in [0, 0.1) is 12.1 Å². The molecule has 0 unspecified atom stereocenters. The van der Waals surface area contributed by atoms with Gasteiger partial charge < -0.3 is 4.57 Å². The number of benzene rings is 8. The van der Waals surface area contributed by atoms with E-state index in [4.69, 9.17) is 4.98 Å². The fraction of sp³-hybridized carbons (Fsp3) is 0.0526. The van der Waals surface area contributed by atoms with Crippen molar-refractivity contribution in [2.75, 3.05) is 0 Å². The smallest absolute Gasteiger partial charge is 0.168 e. The molecule has 11 aromatic rings. The maximum atomic E-state index is 5.09. The van der Waals surface area contributed by atoms with Crippen molar-refractivity contribution in [2.45, 2.75) is 19.8 Å². The fourth-order valence-electron chi connectivity index (χ4n) is 9.54. The number of fused-ring (bicyclic) bond motifs is 4. The zero-order valence-electron chi connectivity index (χ0n) is 35.0. The standard InChI is InChI=1S/C57H43N4Si.Pt/c1-41(2)49-27-12-13-28-50(49)42-35-36-58-57(37-42)61-53-30-15-14-29-51(53)52-34-33-48(39-56(52)61)62(45-22-8-4-9-23-45,46-24-10-5-11-25-46)47-26-18-21-44(38-47)60-40-59(43-19-6-3-7-20-43)54-31-16-17-32-55(54)60;/h3-37,40-41H,1-2H3;/q-1;. The van der Waals surface area contributed by atoms with Crippen LogP contribution in [0.1, 0.15) is 25.3 Å². The van der Waals surface area contributed by atoms with E-state index in [9.17, 15) is 0 Å². The summed E-state index contributed by atoms with van der Waals surface area (Å²) in [6.45, 7) is 4.52. The van der Waals surface area contributed by atoms with Crippen LogP contribution in [0.2, 0.25) is 0 Å². The van der Waals surface area contributed by atoms with Crippen LogP contribution in [0.3, 0.4) is 0 Å². The molecule has 0 N–H and O–H groups in total. The van der Waals surface area contributed by atoms with Gasteiger partial charge in [-0.2, -0.15) is 45.3 Å². The molecule has 0 aliphatic rings. The van der Waals surface area contributed by atoms with Gasteiger partial charge in [0.05, 0.1) is 0 Å². The van der Waals surface area contributed by atoms with Crippen molar-refractivity contribution in [3.8, 4) is 28.3 Å². The van der Waals surface area contributed by atoms with Gasteiger partial charge in [-0.15, -0.1) is 17.5 Å². The molecule has 0 saturated carbocycles. The summed E-state index contributed by atoms with van der Waals surface area (Å²) in [5.74, 6) is 1.25. The number of hydrogen-bond acceptors (Lipinski definition) is 1. The molecule has 4 nitrogen and oxygen atoms in total. The zero-order chi connectivity index (χ0) is 41.6. The van der Waals surface area contributed by atoms with Crippen LogP contribution < -0.4 is 20.7 Å². The van der Waals surface area contributed by atoms with E-state index in [1.807, 2.05) is 6.20 Å². The average Bonchev–Trinajstić information content (AvgIpc) is 3.89. The first-order valence-corrected chi connectivity index (χ1v) is 23.3. The summed E-state index contributed by atoms with van der Waals surface area (Å²) in [5.41, 5.74) is 10.1. The maximum absolute atomic E-state index is 5.09. The Bertz CT molecular complexity index is 3350. The Labute approximate surface area is 383 Å². The Kier molecular flexibility index (Phi) is 10.7. The van der Waals surface area contributed by atoms with E-state index >= 15 is 0 Å². The summed E-state index contributed by atoms with van der Waals surface area (Å²) in [4.78, 5) is 5.09. The van der Waals surface area contributed by atoms with E-state index in [1.165, 1.54) is 26.9 Å². The largest absolute Gasteiger partial charge is 0.319 e. The maximum Gasteiger partial charge on any atom is 0.168 e. The third-order valence-electron chi connectivity index (χ3n) is 12.4. The van der Waals surface area contributed by atoms with Crippen LogP contribution in [-0.4, -0.2) is 26.8 Å². The van der Waals surface area contributed by atoms with E-state index in [1.54, 1.807) is 0 Å². The van der Waals surface area contributed by atoms with Gasteiger partial charge in [-0.05, 0) is 68.7 Å². The van der Waals surface area contributed by atoms with Crippen molar-refractivity contribution in [2.24, 2.45) is 0 Å². The molecule has 0 amide bonds. The molecule has 0 saturated heterocycles. The topological polar surface area (TPSA) is 27.7 Å². The van der Waals surface area contributed by atoms with Crippen LogP contribution in [0.15, 0.2) is 219 Å². The predicted octanol–water partition coefficient (Wildman–Crippen LogP) is 11.0. The van der Waals surface area contributed by atoms with E-state index in [-0.39, 0.29) is 21.1 Å². The molecule has 306 valence electrons. The van der Waals surface area contributed by atoms with Crippen LogP contribution in [0.5, 0.6) is 0 Å². The van der Waals surface area contributed by atoms with Gasteiger partial charge in [0.25, 0.3) is 0 Å². The molecule has 6 heteroatoms. The summed E-state index contributed by atoms with van der Waals surface area (Å²) in [5, 5.41) is 7.15. The second-order valence-electron chi connectivity index (χ2n) is 16.2. The summed E-state index contributed by atoms with van der Waals surface area (Å²) >= 11 is 0. The van der Waals surface area contributed by atoms with E-state index in [2.05, 4.69) is 252 Å². The zero-order valence-corrected chi connectivity index (χ0v) is 38.2. The molecule has 0 spiro atoms. The van der Waals surface area contributed by atoms with Gasteiger partial charge >= 0.3 is 0 Å². The van der Waals surface area contributed by atoms with Crippen molar-refractivity contribution in [3.05, 3.63) is 236 Å². The number of hydrogen-bond donors (Lipinski definition) is 0. The molecule has 11 rings (SSSR count). The SMILES string of the molecule is CC(C)c1ccccc1-c1ccnc(-n2c3[c-]c([Si](c4[c-]c(-n5[cH+]n(-c6ccccc6)c6ccccc65)ccc4)(c4ccccc4)c4ccccc4)ccc3c3ccccc32)c1.[Pt]. The van der Waals surface area contributed by atoms with Gasteiger partial charge in [-0.1, -0.05) is 153 Å². The number of aromatic nitrogens is 4. The fourth-order valence-corrected chi connectivity index (χ4v) is 14.1. The molecule has 0 atom stereocenters. The Hall–Kier alpha value is -6.91. The Morgan fingerprint density at radius 1 is 0.524 bits per heavy atom. The van der Waals surface area contributed by atoms with Gasteiger partial charge in [0.2, 0.25) is 0 Å². The van der Waals surface area contributed by atoms with Crippen LogP contribution in [0.4, 0.5) is 0 Å². The van der Waals surface area contributed by atoms with Crippen molar-refractivity contribution >= 4 is 61.7 Å². The molecule has 63 heavy (non-hydrogen) atoms. The van der Waals surface area contributed by atoms with Crippen LogP contribution in [0.25, 0.3) is 61.2 Å². The minimum Gasteiger partial charge on any atom is -0.319 e. The van der Waals surface area contributed by atoms with Gasteiger partial charge in [0.15, 0.2) is 17.4 Å². The molecule has 0 aliphatic heterocycles. The van der Waals surface area contributed by atoms with E-state index in [0.29, 0.717) is 5.92 Å². The Morgan fingerprint density at radius 3 is 1.84 bits per heavy atom. The molecule has 0 fully saturated rings. The summed E-state index contributed by atoms with van der Waals surface area (Å²) in [6.07, 6.45) is 4.15. The molecule has 8 aromatic carbocycles. The third kappa shape index (κ3) is 6.80. The number of rotatable bonds is 9. The van der Waals surface area contributed by atoms with Crippen molar-refractivity contribution in [3.63, 3.8) is 0 Å². The van der Waals surface area contributed by atoms with Gasteiger partial charge in [-0.3, -0.25) is 0 Å². The molecule has 0 radical (unpaired) electrons. The monoisotopic (exact) mass is 1010 g/mol. The minimum atomic E-state index is -3.13. The van der Waals surface area contributed by atoms with Crippen LogP contribution in [-0.2, 0) is 21.1 Å². The number of pyridine rings is 1. The first-order chi connectivity index (χ1) is 30.6. The molecular formula is C57H43N4PtSi-. The molecular weight excluding hydrogens is 964 g/mol. The number of imidazole rings is 1. The summed E-state index contributed by atoms with van der Waals surface area (Å²) < 4.78 is 6.86. The van der Waals surface area contributed by atoms with Gasteiger partial charge in [-0.25, -0.2) is 9.55 Å². The quantitative estimate of drug-likeness (QED) is 0.0804. The average molecular weight is 1010 g/mol. The predicted molar refractivity (Wildman–Crippen MR) is 260 cm³/mol. The second kappa shape index (κ2) is 16.7. The Morgan fingerprint density at radius 2 is 1.13 bits per heavy atom. The van der Waals surface area contributed by atoms with Gasteiger partial charge in [0, 0.05) is 50.6 Å². The first-order valence-electron chi connectivity index (χ1n) is 21.3. The Balaban J connectivity index is 0.00000471. The third-order valence-corrected chi connectivity index (χ3v) is 17.0. The normalized spacial score (nSPS) is 11.7. The minimum absolute atomic E-state index is 0. The number of para-hydroxylation sites is 4. The molecule has 0 bridgehead atoms. The summed E-state index contributed by atoms with van der Waals surface area (Å²) in [7, 11) is -3.13. The van der Waals surface area contributed by atoms with E-state index in [0.717, 1.165) is 60.6 Å². The van der Waals surface area contributed by atoms with E-state index < -0.39 is 8.07 Å². The van der Waals surface area contributed by atoms with Crippen LogP contribution >= 0.6 is 0 Å². The molecule has 3 heterocycles. The van der Waals surface area contributed by atoms with Gasteiger partial charge in [0.1, 0.15) is 19.6 Å². The van der Waals surface area contributed by atoms with Crippen molar-refractivity contribution in [1.82, 2.24) is 18.7 Å². The summed E-state index contributed by atoms with van der Waals surface area (Å²) in [6, 6.07) is 82.7. The van der Waals surface area contributed by atoms with Crippen molar-refractivity contribution < 1.29 is 21.1 Å².